The van der Waals surface area contributed by atoms with Crippen LogP contribution in [0.25, 0.3) is 0 Å². The van der Waals surface area contributed by atoms with Crippen LogP contribution in [0.4, 0.5) is 0 Å². The van der Waals surface area contributed by atoms with E-state index in [1.807, 2.05) is 6.07 Å². The van der Waals surface area contributed by atoms with E-state index >= 15 is 0 Å². The number of likely N-dealkylation sites (tertiary alicyclic amines) is 1. The molecule has 9 heteroatoms. The van der Waals surface area contributed by atoms with Crippen molar-refractivity contribution in [3.8, 4) is 0 Å². The van der Waals surface area contributed by atoms with Gasteiger partial charge in [-0.25, -0.2) is 0 Å². The largest absolute Gasteiger partial charge is 0.475 e. The summed E-state index contributed by atoms with van der Waals surface area (Å²) in [6.45, 7) is 0.309. The Labute approximate surface area is 150 Å². The number of benzene rings is 1. The standard InChI is InChI=1S/C13H15BBrIN2O4/c15-10-4-3-8(16)6-9(10)13(20)17-7-12(19)18-5-1-2-11(18)14(21)22/h3-4,6,11,21-22H,1-2,5,7H2,(H,17,20). The van der Waals surface area contributed by atoms with Crippen LogP contribution >= 0.6 is 38.5 Å². The van der Waals surface area contributed by atoms with Crippen LogP contribution in [0.15, 0.2) is 22.7 Å². The Hall–Kier alpha value is -0.645. The molecule has 0 aliphatic carbocycles. The van der Waals surface area contributed by atoms with E-state index in [2.05, 4.69) is 43.8 Å². The molecule has 1 fully saturated rings. The van der Waals surface area contributed by atoms with Gasteiger partial charge in [-0.05, 0) is 69.6 Å². The Bertz CT molecular complexity index is 587. The molecule has 1 atom stereocenters. The molecule has 6 nitrogen and oxygen atoms in total. The van der Waals surface area contributed by atoms with Gasteiger partial charge in [0.25, 0.3) is 5.91 Å². The second kappa shape index (κ2) is 7.76. The molecule has 0 saturated carbocycles. The third kappa shape index (κ3) is 4.21. The monoisotopic (exact) mass is 480 g/mol. The smallest absolute Gasteiger partial charge is 0.426 e. The molecule has 22 heavy (non-hydrogen) atoms. The van der Waals surface area contributed by atoms with Crippen molar-refractivity contribution >= 4 is 57.5 Å². The number of carbonyl (C=O) groups is 2. The van der Waals surface area contributed by atoms with Crippen molar-refractivity contribution in [2.24, 2.45) is 0 Å². The van der Waals surface area contributed by atoms with Crippen molar-refractivity contribution < 1.29 is 19.6 Å². The number of rotatable bonds is 4. The Morgan fingerprint density at radius 1 is 1.45 bits per heavy atom. The molecule has 118 valence electrons. The summed E-state index contributed by atoms with van der Waals surface area (Å²) in [5.41, 5.74) is 0.458. The van der Waals surface area contributed by atoms with Crippen LogP contribution < -0.4 is 5.32 Å². The first-order chi connectivity index (χ1) is 10.4. The van der Waals surface area contributed by atoms with E-state index in [0.29, 0.717) is 23.0 Å². The number of nitrogens with zero attached hydrogens (tertiary/aromatic N) is 1. The van der Waals surface area contributed by atoms with Crippen LogP contribution in [0.1, 0.15) is 23.2 Å². The molecule has 3 N–H and O–H groups in total. The first-order valence-electron chi connectivity index (χ1n) is 6.79. The molecule has 0 aromatic heterocycles. The molecule has 1 aliphatic heterocycles. The summed E-state index contributed by atoms with van der Waals surface area (Å²) in [6, 6.07) is 5.36. The molecule has 1 aromatic rings. The fourth-order valence-corrected chi connectivity index (χ4v) is 3.35. The van der Waals surface area contributed by atoms with E-state index in [9.17, 15) is 19.6 Å². The van der Waals surface area contributed by atoms with E-state index in [-0.39, 0.29) is 18.4 Å². The van der Waals surface area contributed by atoms with Crippen LogP contribution in [-0.2, 0) is 4.79 Å². The fourth-order valence-electron chi connectivity index (χ4n) is 2.44. The average molecular weight is 481 g/mol. The second-order valence-corrected chi connectivity index (χ2v) is 7.12. The van der Waals surface area contributed by atoms with Gasteiger partial charge in [-0.1, -0.05) is 0 Å². The number of hydrogen-bond acceptors (Lipinski definition) is 4. The van der Waals surface area contributed by atoms with E-state index in [1.165, 1.54) is 4.90 Å². The molecule has 2 rings (SSSR count). The van der Waals surface area contributed by atoms with Crippen molar-refractivity contribution in [3.05, 3.63) is 31.8 Å². The van der Waals surface area contributed by atoms with Crippen LogP contribution in [0, 0.1) is 3.57 Å². The summed E-state index contributed by atoms with van der Waals surface area (Å²) in [4.78, 5) is 25.7. The maximum absolute atomic E-state index is 12.1. The van der Waals surface area contributed by atoms with Crippen molar-refractivity contribution in [1.82, 2.24) is 10.2 Å². The second-order valence-electron chi connectivity index (χ2n) is 5.02. The van der Waals surface area contributed by atoms with E-state index < -0.39 is 13.1 Å². The molecule has 1 aromatic carbocycles. The Morgan fingerprint density at radius 3 is 2.86 bits per heavy atom. The number of nitrogens with one attached hydrogen (secondary N) is 1. The normalized spacial score (nSPS) is 17.5. The Balaban J connectivity index is 1.96. The van der Waals surface area contributed by atoms with Gasteiger partial charge in [-0.3, -0.25) is 9.59 Å². The fraction of sp³-hybridized carbons (Fsp3) is 0.385. The van der Waals surface area contributed by atoms with Crippen molar-refractivity contribution in [2.45, 2.75) is 18.8 Å². The summed E-state index contributed by atoms with van der Waals surface area (Å²) in [5.74, 6) is -1.25. The molecule has 1 aliphatic rings. The zero-order valence-electron chi connectivity index (χ0n) is 11.6. The molecular weight excluding hydrogens is 466 g/mol. The van der Waals surface area contributed by atoms with Gasteiger partial charge in [0.15, 0.2) is 0 Å². The number of hydrogen-bond donors (Lipinski definition) is 3. The van der Waals surface area contributed by atoms with Crippen LogP contribution in [0.3, 0.4) is 0 Å². The third-order valence-corrected chi connectivity index (χ3v) is 4.90. The van der Waals surface area contributed by atoms with Gasteiger partial charge in [0.1, 0.15) is 0 Å². The third-order valence-electron chi connectivity index (χ3n) is 3.54. The van der Waals surface area contributed by atoms with Gasteiger partial charge in [0.05, 0.1) is 18.0 Å². The lowest BCUT2D eigenvalue weighted by Gasteiger charge is -2.24. The molecule has 2 amide bonds. The highest BCUT2D eigenvalue weighted by atomic mass is 127. The van der Waals surface area contributed by atoms with Crippen molar-refractivity contribution in [3.63, 3.8) is 0 Å². The molecule has 1 unspecified atom stereocenters. The minimum Gasteiger partial charge on any atom is -0.426 e. The minimum atomic E-state index is -1.55. The van der Waals surface area contributed by atoms with Gasteiger partial charge >= 0.3 is 7.12 Å². The van der Waals surface area contributed by atoms with E-state index in [4.69, 9.17) is 0 Å². The molecule has 0 spiro atoms. The van der Waals surface area contributed by atoms with Crippen LogP contribution in [-0.4, -0.2) is 52.9 Å². The lowest BCUT2D eigenvalue weighted by Crippen LogP contribution is -2.48. The lowest BCUT2D eigenvalue weighted by atomic mass is 9.78. The number of halogens is 2. The summed E-state index contributed by atoms with van der Waals surface area (Å²) in [6.07, 6.45) is 1.28. The van der Waals surface area contributed by atoms with Crippen LogP contribution in [0.2, 0.25) is 0 Å². The lowest BCUT2D eigenvalue weighted by molar-refractivity contribution is -0.130. The highest BCUT2D eigenvalue weighted by Gasteiger charge is 2.36. The molecular formula is C13H15BBrIN2O4. The van der Waals surface area contributed by atoms with Gasteiger partial charge in [-0.2, -0.15) is 0 Å². The van der Waals surface area contributed by atoms with E-state index in [0.717, 1.165) is 9.99 Å². The van der Waals surface area contributed by atoms with Gasteiger partial charge in [-0.15, -0.1) is 0 Å². The topological polar surface area (TPSA) is 89.9 Å². The van der Waals surface area contributed by atoms with Crippen LogP contribution in [0.5, 0.6) is 0 Å². The maximum atomic E-state index is 12.1. The minimum absolute atomic E-state index is 0.167. The SMILES string of the molecule is O=C(NCC(=O)N1CCCC1B(O)O)c1cc(I)ccc1Br. The first kappa shape index (κ1) is 17.7. The van der Waals surface area contributed by atoms with Gasteiger partial charge in [0, 0.05) is 14.6 Å². The summed E-state index contributed by atoms with van der Waals surface area (Å²) in [7, 11) is -1.55. The molecule has 0 radical (unpaired) electrons. The predicted molar refractivity (Wildman–Crippen MR) is 94.1 cm³/mol. The molecule has 1 saturated heterocycles. The summed E-state index contributed by atoms with van der Waals surface area (Å²) < 4.78 is 1.57. The highest BCUT2D eigenvalue weighted by Crippen LogP contribution is 2.20. The zero-order chi connectivity index (χ0) is 16.3. The van der Waals surface area contributed by atoms with Crippen molar-refractivity contribution in [2.75, 3.05) is 13.1 Å². The van der Waals surface area contributed by atoms with Gasteiger partial charge < -0.3 is 20.3 Å². The Morgan fingerprint density at radius 2 is 2.18 bits per heavy atom. The molecule has 0 bridgehead atoms. The quantitative estimate of drug-likeness (QED) is 0.439. The average Bonchev–Trinajstić information content (AvgIpc) is 2.96. The highest BCUT2D eigenvalue weighted by molar-refractivity contribution is 14.1. The number of carbonyl (C=O) groups excluding carboxylic acids is 2. The predicted octanol–water partition coefficient (Wildman–Crippen LogP) is 0.786. The van der Waals surface area contributed by atoms with Gasteiger partial charge in [0.2, 0.25) is 5.91 Å². The maximum Gasteiger partial charge on any atom is 0.475 e. The first-order valence-corrected chi connectivity index (χ1v) is 8.66. The van der Waals surface area contributed by atoms with Crippen molar-refractivity contribution in [1.29, 1.82) is 0 Å². The number of amides is 2. The molecule has 1 heterocycles. The Kier molecular flexibility index (Phi) is 6.24. The zero-order valence-corrected chi connectivity index (χ0v) is 15.4. The van der Waals surface area contributed by atoms with E-state index in [1.54, 1.807) is 12.1 Å². The summed E-state index contributed by atoms with van der Waals surface area (Å²) >= 11 is 5.41. The summed E-state index contributed by atoms with van der Waals surface area (Å²) in [5, 5.41) is 21.1.